The van der Waals surface area contributed by atoms with Gasteiger partial charge in [-0.25, -0.2) is 4.57 Å². The summed E-state index contributed by atoms with van der Waals surface area (Å²) in [5.74, 6) is 0. The third-order valence-corrected chi connectivity index (χ3v) is 0.684. The van der Waals surface area contributed by atoms with E-state index < -0.39 is 7.25 Å². The fourth-order valence-corrected chi connectivity index (χ4v) is 0.364. The molecule has 1 aromatic rings. The lowest BCUT2D eigenvalue weighted by Gasteiger charge is -1.94. The summed E-state index contributed by atoms with van der Waals surface area (Å²) in [5, 5.41) is 7.57. The molecule has 84 valence electrons. The van der Waals surface area contributed by atoms with Crippen LogP contribution in [0.4, 0.5) is 17.3 Å². The topological polar surface area (TPSA) is 39.9 Å². The van der Waals surface area contributed by atoms with Crippen molar-refractivity contribution < 1.29 is 26.9 Å². The van der Waals surface area contributed by atoms with E-state index >= 15 is 0 Å². The number of nitrogens with one attached hydrogen (secondary N) is 1. The van der Waals surface area contributed by atoms with Gasteiger partial charge in [0.25, 0.3) is 0 Å². The van der Waals surface area contributed by atoms with E-state index in [1.165, 1.54) is 0 Å². The Labute approximate surface area is 79.5 Å². The largest absolute Gasteiger partial charge is 0.673 e. The summed E-state index contributed by atoms with van der Waals surface area (Å²) in [5.41, 5.74) is 0. The molecule has 0 aliphatic heterocycles. The molecule has 0 aromatic carbocycles. The zero-order valence-electron chi connectivity index (χ0n) is 7.92. The molecule has 0 fully saturated rings. The average molecular weight is 216 g/mol. The van der Waals surface area contributed by atoms with Crippen molar-refractivity contribution in [2.45, 2.75) is 6.92 Å². The van der Waals surface area contributed by atoms with Crippen LogP contribution in [0.3, 0.4) is 0 Å². The first-order valence-electron chi connectivity index (χ1n) is 3.77. The second-order valence-corrected chi connectivity index (χ2v) is 2.09. The third-order valence-electron chi connectivity index (χ3n) is 0.684. The van der Waals surface area contributed by atoms with Crippen LogP contribution in [0.2, 0.25) is 0 Å². The molecular formula is C6H13BF4N2O. The number of aliphatic hydroxyl groups is 1. The van der Waals surface area contributed by atoms with Gasteiger partial charge >= 0.3 is 7.25 Å². The van der Waals surface area contributed by atoms with E-state index in [9.17, 15) is 17.3 Å². The summed E-state index contributed by atoms with van der Waals surface area (Å²) in [6, 6.07) is 0. The highest BCUT2D eigenvalue weighted by Gasteiger charge is 2.20. The normalized spacial score (nSPS) is 9.36. The van der Waals surface area contributed by atoms with Gasteiger partial charge in [-0.2, -0.15) is 0 Å². The van der Waals surface area contributed by atoms with E-state index in [0.717, 1.165) is 0 Å². The molecule has 0 amide bonds. The van der Waals surface area contributed by atoms with Gasteiger partial charge in [0.2, 0.25) is 6.33 Å². The van der Waals surface area contributed by atoms with Crippen LogP contribution in [-0.4, -0.2) is 24.0 Å². The average Bonchev–Trinajstić information content (AvgIpc) is 2.37. The number of aromatic nitrogens is 2. The molecule has 2 N–H and O–H groups in total. The zero-order chi connectivity index (χ0) is 11.6. The highest BCUT2D eigenvalue weighted by molar-refractivity contribution is 6.50. The molecule has 0 unspecified atom stereocenters. The predicted molar refractivity (Wildman–Crippen MR) is 44.9 cm³/mol. The van der Waals surface area contributed by atoms with Crippen LogP contribution in [0, 0.1) is 0 Å². The Bertz CT molecular complexity index is 196. The predicted octanol–water partition coefficient (Wildman–Crippen LogP) is 1.14. The smallest absolute Gasteiger partial charge is 0.418 e. The van der Waals surface area contributed by atoms with Gasteiger partial charge in [-0.15, -0.1) is 0 Å². The maximum atomic E-state index is 9.75. The Kier molecular flexibility index (Phi) is 9.42. The molecular weight excluding hydrogens is 203 g/mol. The summed E-state index contributed by atoms with van der Waals surface area (Å²) in [6.45, 7) is 1.93. The molecule has 14 heavy (non-hydrogen) atoms. The van der Waals surface area contributed by atoms with E-state index in [1.807, 2.05) is 30.3 Å². The van der Waals surface area contributed by atoms with Crippen molar-refractivity contribution in [3.63, 3.8) is 0 Å². The molecule has 0 atom stereocenters. The van der Waals surface area contributed by atoms with E-state index in [0.29, 0.717) is 0 Å². The van der Waals surface area contributed by atoms with E-state index in [-0.39, 0.29) is 6.61 Å². The van der Waals surface area contributed by atoms with Gasteiger partial charge in [0.05, 0.1) is 7.05 Å². The SMILES string of the molecule is CCO.C[n+]1cc[nH]c1.F[B-](F)(F)F. The number of aromatic amines is 1. The fraction of sp³-hybridized carbons (Fsp3) is 0.500. The van der Waals surface area contributed by atoms with Crippen LogP contribution < -0.4 is 4.57 Å². The summed E-state index contributed by atoms with van der Waals surface area (Å²) in [4.78, 5) is 2.89. The Hall–Kier alpha value is -1.05. The number of hydrogen-bond donors (Lipinski definition) is 2. The van der Waals surface area contributed by atoms with E-state index in [4.69, 9.17) is 5.11 Å². The van der Waals surface area contributed by atoms with Gasteiger partial charge in [0.15, 0.2) is 0 Å². The number of halogens is 4. The van der Waals surface area contributed by atoms with Crippen LogP contribution in [0.25, 0.3) is 0 Å². The molecule has 1 heterocycles. The first-order chi connectivity index (χ1) is 6.31. The fourth-order valence-electron chi connectivity index (χ4n) is 0.364. The zero-order valence-corrected chi connectivity index (χ0v) is 7.92. The van der Waals surface area contributed by atoms with Crippen molar-refractivity contribution >= 4 is 7.25 Å². The molecule has 3 nitrogen and oxygen atoms in total. The maximum absolute atomic E-state index is 9.75. The maximum Gasteiger partial charge on any atom is 0.673 e. The Morgan fingerprint density at radius 1 is 1.36 bits per heavy atom. The number of nitrogens with zero attached hydrogens (tertiary/aromatic N) is 1. The standard InChI is InChI=1S/C4H6N2.C2H6O.BF4/c1-6-3-2-5-4-6;1-2-3;2-1(3,4)5/h2-4H,1H3;3H,2H2,1H3;/q;;-1/p+1. The van der Waals surface area contributed by atoms with Crippen molar-refractivity contribution in [3.8, 4) is 0 Å². The Morgan fingerprint density at radius 3 is 1.79 bits per heavy atom. The van der Waals surface area contributed by atoms with Crippen molar-refractivity contribution in [3.05, 3.63) is 18.7 Å². The summed E-state index contributed by atoms with van der Waals surface area (Å²) >= 11 is 0. The van der Waals surface area contributed by atoms with Crippen LogP contribution >= 0.6 is 0 Å². The first-order valence-corrected chi connectivity index (χ1v) is 3.77. The Balaban J connectivity index is 0. The minimum absolute atomic E-state index is 0.250. The molecule has 0 spiro atoms. The number of aliphatic hydroxyl groups excluding tert-OH is 1. The molecule has 0 saturated carbocycles. The number of imidazole rings is 1. The van der Waals surface area contributed by atoms with Gasteiger partial charge in [-0.3, -0.25) is 4.98 Å². The molecule has 0 aliphatic rings. The monoisotopic (exact) mass is 216 g/mol. The van der Waals surface area contributed by atoms with Crippen molar-refractivity contribution in [2.24, 2.45) is 7.05 Å². The first kappa shape index (κ1) is 15.4. The van der Waals surface area contributed by atoms with E-state index in [1.54, 1.807) is 6.92 Å². The second kappa shape index (κ2) is 8.55. The van der Waals surface area contributed by atoms with Crippen LogP contribution in [0.5, 0.6) is 0 Å². The molecule has 0 saturated heterocycles. The summed E-state index contributed by atoms with van der Waals surface area (Å²) < 4.78 is 40.9. The van der Waals surface area contributed by atoms with Crippen LogP contribution in [0.15, 0.2) is 18.7 Å². The minimum Gasteiger partial charge on any atom is -0.418 e. The van der Waals surface area contributed by atoms with Crippen LogP contribution in [0.1, 0.15) is 6.92 Å². The number of H-pyrrole nitrogens is 1. The lowest BCUT2D eigenvalue weighted by atomic mass is 10.3. The Morgan fingerprint density at radius 2 is 1.71 bits per heavy atom. The molecule has 0 bridgehead atoms. The number of aryl methyl sites for hydroxylation is 1. The number of rotatable bonds is 0. The highest BCUT2D eigenvalue weighted by atomic mass is 19.5. The number of hydrogen-bond acceptors (Lipinski definition) is 1. The minimum atomic E-state index is -6.00. The van der Waals surface area contributed by atoms with Gasteiger partial charge in [-0.1, -0.05) is 0 Å². The molecule has 8 heteroatoms. The summed E-state index contributed by atoms with van der Waals surface area (Å²) in [7, 11) is -4.03. The van der Waals surface area contributed by atoms with Crippen LogP contribution in [-0.2, 0) is 7.05 Å². The van der Waals surface area contributed by atoms with E-state index in [2.05, 4.69) is 4.98 Å². The highest BCUT2D eigenvalue weighted by Crippen LogP contribution is 2.06. The third kappa shape index (κ3) is 30.6. The second-order valence-electron chi connectivity index (χ2n) is 2.09. The van der Waals surface area contributed by atoms with Crippen molar-refractivity contribution in [2.75, 3.05) is 6.61 Å². The molecule has 1 rings (SSSR count). The van der Waals surface area contributed by atoms with Crippen molar-refractivity contribution in [1.29, 1.82) is 0 Å². The van der Waals surface area contributed by atoms with Crippen molar-refractivity contribution in [1.82, 2.24) is 4.98 Å². The van der Waals surface area contributed by atoms with Gasteiger partial charge in [0.1, 0.15) is 12.4 Å². The lowest BCUT2D eigenvalue weighted by Crippen LogP contribution is -2.22. The van der Waals surface area contributed by atoms with Gasteiger partial charge in [-0.05, 0) is 6.92 Å². The van der Waals surface area contributed by atoms with Gasteiger partial charge in [0, 0.05) is 6.61 Å². The lowest BCUT2D eigenvalue weighted by molar-refractivity contribution is -0.670. The molecule has 0 aliphatic carbocycles. The molecule has 1 aromatic heterocycles. The quantitative estimate of drug-likeness (QED) is 0.381. The summed E-state index contributed by atoms with van der Waals surface area (Å²) in [6.07, 6.45) is 5.69. The molecule has 0 radical (unpaired) electrons. The van der Waals surface area contributed by atoms with Gasteiger partial charge < -0.3 is 22.4 Å².